The Morgan fingerprint density at radius 2 is 2.04 bits per heavy atom. The zero-order valence-corrected chi connectivity index (χ0v) is 14.1. The minimum Gasteiger partial charge on any atom is -0.462 e. The Hall–Kier alpha value is -2.30. The molecule has 1 aliphatic rings. The highest BCUT2D eigenvalue weighted by molar-refractivity contribution is 5.96. The lowest BCUT2D eigenvalue weighted by molar-refractivity contribution is 0.0526. The molecule has 1 aromatic heterocycles. The summed E-state index contributed by atoms with van der Waals surface area (Å²) < 4.78 is 7.10. The quantitative estimate of drug-likeness (QED) is 0.876. The molecular formula is C18H23N3O2. The van der Waals surface area contributed by atoms with Gasteiger partial charge >= 0.3 is 5.97 Å². The highest BCUT2D eigenvalue weighted by atomic mass is 16.5. The fraction of sp³-hybridized carbons (Fsp3) is 0.444. The molecule has 0 fully saturated rings. The van der Waals surface area contributed by atoms with Crippen molar-refractivity contribution in [1.82, 2.24) is 9.78 Å². The van der Waals surface area contributed by atoms with E-state index in [1.165, 1.54) is 11.1 Å². The summed E-state index contributed by atoms with van der Waals surface area (Å²) in [6.07, 6.45) is 0.930. The molecule has 23 heavy (non-hydrogen) atoms. The van der Waals surface area contributed by atoms with Crippen LogP contribution in [0.1, 0.15) is 59.5 Å². The van der Waals surface area contributed by atoms with Gasteiger partial charge in [-0.3, -0.25) is 0 Å². The van der Waals surface area contributed by atoms with Gasteiger partial charge in [-0.05, 0) is 39.7 Å². The molecule has 2 unspecified atom stereocenters. The van der Waals surface area contributed by atoms with Crippen molar-refractivity contribution in [1.29, 1.82) is 0 Å². The Bertz CT molecular complexity index is 719. The van der Waals surface area contributed by atoms with Crippen molar-refractivity contribution < 1.29 is 9.53 Å². The minimum atomic E-state index is -0.310. The van der Waals surface area contributed by atoms with Gasteiger partial charge in [-0.15, -0.1) is 0 Å². The van der Waals surface area contributed by atoms with E-state index in [-0.39, 0.29) is 18.1 Å². The number of hydrogen-bond donors (Lipinski definition) is 1. The lowest BCUT2D eigenvalue weighted by atomic mass is 9.97. The predicted octanol–water partition coefficient (Wildman–Crippen LogP) is 3.79. The Kier molecular flexibility index (Phi) is 4.11. The average molecular weight is 313 g/mol. The van der Waals surface area contributed by atoms with Gasteiger partial charge in [0.25, 0.3) is 0 Å². The van der Waals surface area contributed by atoms with Crippen LogP contribution in [0.5, 0.6) is 0 Å². The van der Waals surface area contributed by atoms with Gasteiger partial charge in [0.05, 0.1) is 24.4 Å². The maximum Gasteiger partial charge on any atom is 0.343 e. The maximum absolute atomic E-state index is 12.3. The van der Waals surface area contributed by atoms with Crippen molar-refractivity contribution in [2.45, 2.75) is 46.2 Å². The van der Waals surface area contributed by atoms with Gasteiger partial charge in [0.1, 0.15) is 11.4 Å². The molecule has 0 spiro atoms. The van der Waals surface area contributed by atoms with Crippen LogP contribution in [0.3, 0.4) is 0 Å². The number of rotatable bonds is 3. The number of ether oxygens (including phenoxy) is 1. The first kappa shape index (κ1) is 15.6. The van der Waals surface area contributed by atoms with Crippen molar-refractivity contribution in [3.8, 4) is 0 Å². The first-order valence-electron chi connectivity index (χ1n) is 8.10. The van der Waals surface area contributed by atoms with Crippen LogP contribution in [0.4, 0.5) is 5.82 Å². The third kappa shape index (κ3) is 2.83. The molecule has 0 saturated carbocycles. The summed E-state index contributed by atoms with van der Waals surface area (Å²) in [5, 5.41) is 8.02. The molecule has 0 bridgehead atoms. The molecule has 1 aromatic carbocycles. The fourth-order valence-corrected chi connectivity index (χ4v) is 3.14. The zero-order valence-electron chi connectivity index (χ0n) is 14.1. The lowest BCUT2D eigenvalue weighted by Crippen LogP contribution is -2.26. The van der Waals surface area contributed by atoms with Crippen LogP contribution in [0, 0.1) is 13.8 Å². The van der Waals surface area contributed by atoms with Gasteiger partial charge in [0, 0.05) is 0 Å². The molecule has 2 atom stereocenters. The molecule has 0 amide bonds. The molecule has 3 rings (SSSR count). The normalized spacial score (nSPS) is 19.8. The molecular weight excluding hydrogens is 290 g/mol. The summed E-state index contributed by atoms with van der Waals surface area (Å²) in [6, 6.07) is 8.91. The van der Waals surface area contributed by atoms with Gasteiger partial charge in [0.2, 0.25) is 0 Å². The average Bonchev–Trinajstić information content (AvgIpc) is 2.85. The molecule has 2 heterocycles. The van der Waals surface area contributed by atoms with Gasteiger partial charge in [0.15, 0.2) is 0 Å². The third-order valence-corrected chi connectivity index (χ3v) is 4.35. The number of fused-ring (bicyclic) bond motifs is 1. The number of carbonyl (C=O) groups is 1. The van der Waals surface area contributed by atoms with Crippen LogP contribution in [-0.2, 0) is 4.74 Å². The highest BCUT2D eigenvalue weighted by Gasteiger charge is 2.31. The molecule has 1 aliphatic heterocycles. The van der Waals surface area contributed by atoms with Crippen molar-refractivity contribution in [2.75, 3.05) is 11.9 Å². The Balaban J connectivity index is 1.97. The number of carbonyl (C=O) groups excluding carboxylic acids is 1. The first-order chi connectivity index (χ1) is 11.0. The predicted molar refractivity (Wildman–Crippen MR) is 89.8 cm³/mol. The lowest BCUT2D eigenvalue weighted by Gasteiger charge is -2.31. The number of nitrogens with one attached hydrogen (secondary N) is 1. The Morgan fingerprint density at radius 1 is 1.35 bits per heavy atom. The van der Waals surface area contributed by atoms with Crippen molar-refractivity contribution >= 4 is 11.8 Å². The molecule has 122 valence electrons. The van der Waals surface area contributed by atoms with E-state index in [0.29, 0.717) is 17.9 Å². The van der Waals surface area contributed by atoms with E-state index in [0.717, 1.165) is 12.2 Å². The number of esters is 1. The summed E-state index contributed by atoms with van der Waals surface area (Å²) in [6.45, 7) is 8.24. The van der Waals surface area contributed by atoms with E-state index >= 15 is 0 Å². The maximum atomic E-state index is 12.3. The number of aryl methyl sites for hydroxylation is 2. The van der Waals surface area contributed by atoms with E-state index in [1.807, 2.05) is 18.5 Å². The summed E-state index contributed by atoms with van der Waals surface area (Å²) in [5.41, 5.74) is 3.73. The minimum absolute atomic E-state index is 0.169. The molecule has 0 aliphatic carbocycles. The molecule has 1 N–H and O–H groups in total. The van der Waals surface area contributed by atoms with Gasteiger partial charge in [-0.2, -0.15) is 5.10 Å². The molecule has 5 nitrogen and oxygen atoms in total. The van der Waals surface area contributed by atoms with E-state index in [9.17, 15) is 4.79 Å². The summed E-state index contributed by atoms with van der Waals surface area (Å²) >= 11 is 0. The third-order valence-electron chi connectivity index (χ3n) is 4.35. The van der Waals surface area contributed by atoms with Crippen LogP contribution < -0.4 is 5.32 Å². The topological polar surface area (TPSA) is 56.1 Å². The SMILES string of the molecule is CCOC(=O)c1c(C)nn2c1NC(c1ccc(C)cc1)CC2C. The molecule has 0 radical (unpaired) electrons. The van der Waals surface area contributed by atoms with Crippen LogP contribution in [-0.4, -0.2) is 22.4 Å². The molecule has 5 heteroatoms. The van der Waals surface area contributed by atoms with Crippen molar-refractivity contribution in [3.05, 3.63) is 46.6 Å². The van der Waals surface area contributed by atoms with Crippen LogP contribution in [0.2, 0.25) is 0 Å². The van der Waals surface area contributed by atoms with E-state index in [2.05, 4.69) is 48.5 Å². The summed E-state index contributed by atoms with van der Waals surface area (Å²) in [4.78, 5) is 12.3. The van der Waals surface area contributed by atoms with E-state index in [4.69, 9.17) is 4.74 Å². The highest BCUT2D eigenvalue weighted by Crippen LogP contribution is 2.37. The summed E-state index contributed by atoms with van der Waals surface area (Å²) in [5.74, 6) is 0.459. The van der Waals surface area contributed by atoms with Crippen LogP contribution >= 0.6 is 0 Å². The van der Waals surface area contributed by atoms with E-state index in [1.54, 1.807) is 0 Å². The monoisotopic (exact) mass is 313 g/mol. The Labute approximate surface area is 136 Å². The fourth-order valence-electron chi connectivity index (χ4n) is 3.14. The number of anilines is 1. The van der Waals surface area contributed by atoms with Crippen molar-refractivity contribution in [2.24, 2.45) is 0 Å². The Morgan fingerprint density at radius 3 is 2.70 bits per heavy atom. The zero-order chi connectivity index (χ0) is 16.6. The number of nitrogens with zero attached hydrogens (tertiary/aromatic N) is 2. The number of benzene rings is 1. The molecule has 0 saturated heterocycles. The largest absolute Gasteiger partial charge is 0.462 e. The smallest absolute Gasteiger partial charge is 0.343 e. The van der Waals surface area contributed by atoms with Crippen LogP contribution in [0.25, 0.3) is 0 Å². The standard InChI is InChI=1S/C18H23N3O2/c1-5-23-18(22)16-13(4)20-21-12(3)10-15(19-17(16)21)14-8-6-11(2)7-9-14/h6-9,12,15,19H,5,10H2,1-4H3. The second kappa shape index (κ2) is 6.07. The van der Waals surface area contributed by atoms with E-state index < -0.39 is 0 Å². The number of aromatic nitrogens is 2. The molecule has 2 aromatic rings. The van der Waals surface area contributed by atoms with Gasteiger partial charge < -0.3 is 10.1 Å². The second-order valence-corrected chi connectivity index (χ2v) is 6.17. The van der Waals surface area contributed by atoms with Gasteiger partial charge in [-0.1, -0.05) is 29.8 Å². The second-order valence-electron chi connectivity index (χ2n) is 6.17. The van der Waals surface area contributed by atoms with Crippen LogP contribution in [0.15, 0.2) is 24.3 Å². The number of hydrogen-bond acceptors (Lipinski definition) is 4. The first-order valence-corrected chi connectivity index (χ1v) is 8.10. The van der Waals surface area contributed by atoms with Crippen molar-refractivity contribution in [3.63, 3.8) is 0 Å². The summed E-state index contributed by atoms with van der Waals surface area (Å²) in [7, 11) is 0. The van der Waals surface area contributed by atoms with Gasteiger partial charge in [-0.25, -0.2) is 9.48 Å².